The Kier molecular flexibility index (Phi) is 4.59. The summed E-state index contributed by atoms with van der Waals surface area (Å²) in [5, 5.41) is 2.71. The Bertz CT molecular complexity index is 716. The SMILES string of the molecule is C#Cc1cc(-c2ccccc2)cnc1NC(=O)C(C)(C)OC. The van der Waals surface area contributed by atoms with E-state index in [0.717, 1.165) is 11.1 Å². The number of terminal acetylenes is 1. The number of aromatic nitrogens is 1. The summed E-state index contributed by atoms with van der Waals surface area (Å²) in [6, 6.07) is 11.6. The van der Waals surface area contributed by atoms with Gasteiger partial charge in [0.1, 0.15) is 11.4 Å². The van der Waals surface area contributed by atoms with E-state index in [1.54, 1.807) is 20.0 Å². The van der Waals surface area contributed by atoms with Crippen molar-refractivity contribution in [3.8, 4) is 23.5 Å². The summed E-state index contributed by atoms with van der Waals surface area (Å²) in [4.78, 5) is 16.4. The van der Waals surface area contributed by atoms with Gasteiger partial charge in [-0.25, -0.2) is 4.98 Å². The zero-order valence-corrected chi connectivity index (χ0v) is 12.9. The molecule has 0 fully saturated rings. The summed E-state index contributed by atoms with van der Waals surface area (Å²) < 4.78 is 5.15. The van der Waals surface area contributed by atoms with Gasteiger partial charge in [-0.15, -0.1) is 6.42 Å². The number of carbonyl (C=O) groups is 1. The molecular weight excluding hydrogens is 276 g/mol. The minimum Gasteiger partial charge on any atom is -0.369 e. The number of methoxy groups -OCH3 is 1. The van der Waals surface area contributed by atoms with Crippen molar-refractivity contribution < 1.29 is 9.53 Å². The normalized spacial score (nSPS) is 10.8. The van der Waals surface area contributed by atoms with E-state index in [0.29, 0.717) is 11.4 Å². The molecule has 2 aromatic rings. The summed E-state index contributed by atoms with van der Waals surface area (Å²) in [5.41, 5.74) is 1.49. The lowest BCUT2D eigenvalue weighted by molar-refractivity contribution is -0.133. The number of anilines is 1. The molecule has 1 N–H and O–H groups in total. The smallest absolute Gasteiger partial charge is 0.257 e. The first kappa shape index (κ1) is 15.7. The highest BCUT2D eigenvalue weighted by atomic mass is 16.5. The van der Waals surface area contributed by atoms with Crippen LogP contribution in [0.5, 0.6) is 0 Å². The van der Waals surface area contributed by atoms with E-state index < -0.39 is 5.60 Å². The Hall–Kier alpha value is -2.64. The van der Waals surface area contributed by atoms with E-state index in [9.17, 15) is 4.79 Å². The fourth-order valence-electron chi connectivity index (χ4n) is 1.81. The van der Waals surface area contributed by atoms with Gasteiger partial charge in [-0.05, 0) is 25.5 Å². The molecule has 1 aromatic heterocycles. The number of pyridine rings is 1. The van der Waals surface area contributed by atoms with Crippen LogP contribution in [-0.2, 0) is 9.53 Å². The lowest BCUT2D eigenvalue weighted by atomic mass is 10.1. The van der Waals surface area contributed by atoms with Crippen LogP contribution in [0.1, 0.15) is 19.4 Å². The van der Waals surface area contributed by atoms with Crippen molar-refractivity contribution in [2.24, 2.45) is 0 Å². The van der Waals surface area contributed by atoms with Crippen molar-refractivity contribution in [3.63, 3.8) is 0 Å². The van der Waals surface area contributed by atoms with E-state index in [1.165, 1.54) is 7.11 Å². The highest BCUT2D eigenvalue weighted by molar-refractivity contribution is 5.97. The quantitative estimate of drug-likeness (QED) is 0.882. The highest BCUT2D eigenvalue weighted by Gasteiger charge is 2.27. The third-order valence-corrected chi connectivity index (χ3v) is 3.44. The van der Waals surface area contributed by atoms with E-state index in [1.807, 2.05) is 36.4 Å². The highest BCUT2D eigenvalue weighted by Crippen LogP contribution is 2.23. The largest absolute Gasteiger partial charge is 0.369 e. The molecule has 0 spiro atoms. The van der Waals surface area contributed by atoms with Crippen LogP contribution in [0, 0.1) is 12.3 Å². The van der Waals surface area contributed by atoms with Crippen LogP contribution in [0.3, 0.4) is 0 Å². The van der Waals surface area contributed by atoms with Gasteiger partial charge >= 0.3 is 0 Å². The standard InChI is InChI=1S/C18H18N2O2/c1-5-13-11-15(14-9-7-6-8-10-14)12-19-16(13)20-17(21)18(2,3)22-4/h1,6-12H,2-4H3,(H,19,20,21). The van der Waals surface area contributed by atoms with Gasteiger partial charge in [0.25, 0.3) is 5.91 Å². The molecule has 0 unspecified atom stereocenters. The summed E-state index contributed by atoms with van der Waals surface area (Å²) >= 11 is 0. The van der Waals surface area contributed by atoms with E-state index in [-0.39, 0.29) is 5.91 Å². The summed E-state index contributed by atoms with van der Waals surface area (Å²) in [6.07, 6.45) is 7.23. The van der Waals surface area contributed by atoms with Gasteiger partial charge in [0, 0.05) is 18.9 Å². The molecule has 0 radical (unpaired) electrons. The van der Waals surface area contributed by atoms with E-state index in [4.69, 9.17) is 11.2 Å². The van der Waals surface area contributed by atoms with Gasteiger partial charge in [0.05, 0.1) is 5.56 Å². The first-order valence-corrected chi connectivity index (χ1v) is 6.86. The van der Waals surface area contributed by atoms with Crippen LogP contribution in [0.25, 0.3) is 11.1 Å². The second-order valence-corrected chi connectivity index (χ2v) is 5.30. The maximum Gasteiger partial charge on any atom is 0.257 e. The average Bonchev–Trinajstić information content (AvgIpc) is 2.55. The van der Waals surface area contributed by atoms with Crippen molar-refractivity contribution in [3.05, 3.63) is 48.2 Å². The molecule has 1 heterocycles. The molecule has 0 aliphatic rings. The van der Waals surface area contributed by atoms with Crippen LogP contribution in [0.2, 0.25) is 0 Å². The molecule has 0 saturated heterocycles. The topological polar surface area (TPSA) is 51.2 Å². The number of ether oxygens (including phenoxy) is 1. The van der Waals surface area contributed by atoms with Crippen molar-refractivity contribution in [2.45, 2.75) is 19.4 Å². The number of carbonyl (C=O) groups excluding carboxylic acids is 1. The number of benzene rings is 1. The first-order valence-electron chi connectivity index (χ1n) is 6.86. The summed E-state index contributed by atoms with van der Waals surface area (Å²) in [5.74, 6) is 2.62. The molecule has 2 rings (SSSR count). The molecule has 0 saturated carbocycles. The number of amides is 1. The van der Waals surface area contributed by atoms with Crippen LogP contribution in [0.15, 0.2) is 42.6 Å². The second kappa shape index (κ2) is 6.42. The Labute approximate surface area is 130 Å². The van der Waals surface area contributed by atoms with Gasteiger partial charge < -0.3 is 10.1 Å². The van der Waals surface area contributed by atoms with Crippen molar-refractivity contribution in [1.82, 2.24) is 4.98 Å². The molecule has 0 bridgehead atoms. The number of nitrogens with zero attached hydrogens (tertiary/aromatic N) is 1. The van der Waals surface area contributed by atoms with Crippen molar-refractivity contribution >= 4 is 11.7 Å². The summed E-state index contributed by atoms with van der Waals surface area (Å²) in [6.45, 7) is 3.35. The lowest BCUT2D eigenvalue weighted by Gasteiger charge is -2.21. The van der Waals surface area contributed by atoms with Crippen LogP contribution >= 0.6 is 0 Å². The van der Waals surface area contributed by atoms with E-state index in [2.05, 4.69) is 16.2 Å². The number of hydrogen-bond acceptors (Lipinski definition) is 3. The van der Waals surface area contributed by atoms with Gasteiger partial charge in [-0.1, -0.05) is 36.3 Å². The predicted molar refractivity (Wildman–Crippen MR) is 87.3 cm³/mol. The minimum absolute atomic E-state index is 0.300. The van der Waals surface area contributed by atoms with Gasteiger partial charge in [0.2, 0.25) is 0 Å². The molecule has 1 amide bonds. The Morgan fingerprint density at radius 2 is 1.95 bits per heavy atom. The van der Waals surface area contributed by atoms with Gasteiger partial charge in [-0.2, -0.15) is 0 Å². The van der Waals surface area contributed by atoms with Crippen LogP contribution in [0.4, 0.5) is 5.82 Å². The Morgan fingerprint density at radius 1 is 1.27 bits per heavy atom. The monoisotopic (exact) mass is 294 g/mol. The second-order valence-electron chi connectivity index (χ2n) is 5.30. The zero-order valence-electron chi connectivity index (χ0n) is 12.9. The predicted octanol–water partition coefficient (Wildman–Crippen LogP) is 3.09. The number of rotatable bonds is 4. The molecule has 0 aliphatic carbocycles. The molecular formula is C18H18N2O2. The number of nitrogens with one attached hydrogen (secondary N) is 1. The molecule has 4 nitrogen and oxygen atoms in total. The van der Waals surface area contributed by atoms with Crippen LogP contribution < -0.4 is 5.32 Å². The zero-order chi connectivity index (χ0) is 16.2. The maximum atomic E-state index is 12.1. The fraction of sp³-hybridized carbons (Fsp3) is 0.222. The van der Waals surface area contributed by atoms with Crippen LogP contribution in [-0.4, -0.2) is 23.6 Å². The first-order chi connectivity index (χ1) is 10.5. The molecule has 22 heavy (non-hydrogen) atoms. The Balaban J connectivity index is 2.32. The fourth-order valence-corrected chi connectivity index (χ4v) is 1.81. The molecule has 0 aliphatic heterocycles. The maximum absolute atomic E-state index is 12.1. The number of hydrogen-bond donors (Lipinski definition) is 1. The summed E-state index contributed by atoms with van der Waals surface area (Å²) in [7, 11) is 1.48. The molecule has 4 heteroatoms. The average molecular weight is 294 g/mol. The van der Waals surface area contributed by atoms with Gasteiger partial charge in [-0.3, -0.25) is 4.79 Å². The Morgan fingerprint density at radius 3 is 2.55 bits per heavy atom. The molecule has 0 atom stereocenters. The molecule has 112 valence electrons. The minimum atomic E-state index is -0.953. The van der Waals surface area contributed by atoms with Crippen molar-refractivity contribution in [1.29, 1.82) is 0 Å². The lowest BCUT2D eigenvalue weighted by Crippen LogP contribution is -2.39. The van der Waals surface area contributed by atoms with E-state index >= 15 is 0 Å². The molecule has 1 aromatic carbocycles. The van der Waals surface area contributed by atoms with Crippen molar-refractivity contribution in [2.75, 3.05) is 12.4 Å². The third-order valence-electron chi connectivity index (χ3n) is 3.44. The third kappa shape index (κ3) is 3.33. The van der Waals surface area contributed by atoms with Gasteiger partial charge in [0.15, 0.2) is 0 Å².